The number of nitrogens with two attached hydrogens (primary N) is 1. The SMILES string of the molecule is CC=NOCc1nc2c(N)nc3ccccc3c2n1CC(C)C. The maximum absolute atomic E-state index is 6.13. The molecular formula is C17H21N5O. The Kier molecular flexibility index (Phi) is 4.14. The molecule has 1 aromatic carbocycles. The molecule has 3 aromatic rings. The molecule has 2 N–H and O–H groups in total. The van der Waals surface area contributed by atoms with Crippen LogP contribution in [-0.2, 0) is 18.0 Å². The summed E-state index contributed by atoms with van der Waals surface area (Å²) in [7, 11) is 0. The van der Waals surface area contributed by atoms with Gasteiger partial charge in [0, 0.05) is 18.1 Å². The molecule has 3 rings (SSSR count). The molecule has 0 atom stereocenters. The van der Waals surface area contributed by atoms with Crippen molar-refractivity contribution < 1.29 is 4.84 Å². The maximum atomic E-state index is 6.13. The second-order valence-electron chi connectivity index (χ2n) is 5.88. The minimum atomic E-state index is 0.305. The molecule has 0 aliphatic rings. The summed E-state index contributed by atoms with van der Waals surface area (Å²) in [6, 6.07) is 7.99. The van der Waals surface area contributed by atoms with Crippen molar-refractivity contribution in [3.05, 3.63) is 30.1 Å². The van der Waals surface area contributed by atoms with E-state index in [9.17, 15) is 0 Å². The summed E-state index contributed by atoms with van der Waals surface area (Å²) in [6.45, 7) is 7.30. The number of anilines is 1. The standard InChI is InChI=1S/C17H21N5O/c1-4-19-23-10-14-21-15-16(22(14)9-11(2)3)12-7-5-6-8-13(12)20-17(15)18/h4-8,11H,9-10H2,1-3H3,(H2,18,20). The third-order valence-electron chi connectivity index (χ3n) is 3.61. The molecule has 0 radical (unpaired) electrons. The molecule has 6 nitrogen and oxygen atoms in total. The number of aromatic nitrogens is 3. The lowest BCUT2D eigenvalue weighted by molar-refractivity contribution is 0.123. The number of oxime groups is 1. The fourth-order valence-corrected chi connectivity index (χ4v) is 2.75. The molecule has 0 amide bonds. The number of imidazole rings is 1. The van der Waals surface area contributed by atoms with Crippen LogP contribution in [0.1, 0.15) is 26.6 Å². The summed E-state index contributed by atoms with van der Waals surface area (Å²) in [5.41, 5.74) is 8.75. The monoisotopic (exact) mass is 311 g/mol. The van der Waals surface area contributed by atoms with Crippen LogP contribution >= 0.6 is 0 Å². The summed E-state index contributed by atoms with van der Waals surface area (Å²) in [4.78, 5) is 14.4. The Morgan fingerprint density at radius 1 is 1.30 bits per heavy atom. The fourth-order valence-electron chi connectivity index (χ4n) is 2.75. The van der Waals surface area contributed by atoms with Gasteiger partial charge in [-0.15, -0.1) is 0 Å². The summed E-state index contributed by atoms with van der Waals surface area (Å²) in [5.74, 6) is 1.72. The summed E-state index contributed by atoms with van der Waals surface area (Å²) < 4.78 is 2.17. The van der Waals surface area contributed by atoms with Crippen molar-refractivity contribution in [1.82, 2.24) is 14.5 Å². The number of rotatable bonds is 5. The van der Waals surface area contributed by atoms with E-state index >= 15 is 0 Å². The van der Waals surface area contributed by atoms with Gasteiger partial charge in [-0.1, -0.05) is 37.2 Å². The molecule has 120 valence electrons. The van der Waals surface area contributed by atoms with Crippen LogP contribution in [0, 0.1) is 5.92 Å². The zero-order valence-corrected chi connectivity index (χ0v) is 13.7. The van der Waals surface area contributed by atoms with E-state index in [1.807, 2.05) is 25.1 Å². The lowest BCUT2D eigenvalue weighted by Gasteiger charge is -2.12. The molecule has 23 heavy (non-hydrogen) atoms. The van der Waals surface area contributed by atoms with E-state index in [0.717, 1.165) is 34.3 Å². The average molecular weight is 311 g/mol. The van der Waals surface area contributed by atoms with Gasteiger partial charge >= 0.3 is 0 Å². The topological polar surface area (TPSA) is 78.3 Å². The van der Waals surface area contributed by atoms with Crippen molar-refractivity contribution in [3.8, 4) is 0 Å². The highest BCUT2D eigenvalue weighted by Gasteiger charge is 2.18. The first kappa shape index (κ1) is 15.3. The highest BCUT2D eigenvalue weighted by Crippen LogP contribution is 2.29. The predicted octanol–water partition coefficient (Wildman–Crippen LogP) is 3.35. The summed E-state index contributed by atoms with van der Waals surface area (Å²) in [6.07, 6.45) is 1.61. The number of hydrogen-bond donors (Lipinski definition) is 1. The molecule has 2 aromatic heterocycles. The first-order chi connectivity index (χ1) is 11.1. The Balaban J connectivity index is 2.27. The Morgan fingerprint density at radius 2 is 2.09 bits per heavy atom. The summed E-state index contributed by atoms with van der Waals surface area (Å²) in [5, 5.41) is 4.87. The van der Waals surface area contributed by atoms with Crippen LogP contribution in [0.5, 0.6) is 0 Å². The average Bonchev–Trinajstić information content (AvgIpc) is 2.87. The number of fused-ring (bicyclic) bond motifs is 3. The molecule has 0 saturated carbocycles. The highest BCUT2D eigenvalue weighted by atomic mass is 16.6. The van der Waals surface area contributed by atoms with Crippen LogP contribution in [0.4, 0.5) is 5.82 Å². The van der Waals surface area contributed by atoms with Crippen LogP contribution < -0.4 is 5.73 Å². The van der Waals surface area contributed by atoms with Crippen molar-refractivity contribution in [2.45, 2.75) is 33.9 Å². The van der Waals surface area contributed by atoms with E-state index in [-0.39, 0.29) is 0 Å². The minimum Gasteiger partial charge on any atom is -0.388 e. The van der Waals surface area contributed by atoms with Crippen LogP contribution in [0.3, 0.4) is 0 Å². The Bertz CT molecular complexity index is 866. The van der Waals surface area contributed by atoms with Crippen molar-refractivity contribution in [3.63, 3.8) is 0 Å². The number of benzene rings is 1. The van der Waals surface area contributed by atoms with Crippen molar-refractivity contribution in [2.75, 3.05) is 5.73 Å². The second kappa shape index (κ2) is 6.24. The minimum absolute atomic E-state index is 0.305. The van der Waals surface area contributed by atoms with Gasteiger partial charge < -0.3 is 15.1 Å². The van der Waals surface area contributed by atoms with E-state index < -0.39 is 0 Å². The van der Waals surface area contributed by atoms with Gasteiger partial charge in [0.25, 0.3) is 0 Å². The number of nitrogen functional groups attached to an aromatic ring is 1. The van der Waals surface area contributed by atoms with Gasteiger partial charge in [0.1, 0.15) is 5.52 Å². The van der Waals surface area contributed by atoms with Crippen LogP contribution in [0.25, 0.3) is 21.9 Å². The predicted molar refractivity (Wildman–Crippen MR) is 93.2 cm³/mol. The van der Waals surface area contributed by atoms with Gasteiger partial charge in [-0.2, -0.15) is 0 Å². The molecule has 0 saturated heterocycles. The molecule has 0 bridgehead atoms. The Morgan fingerprint density at radius 3 is 2.83 bits per heavy atom. The smallest absolute Gasteiger partial charge is 0.174 e. The Hall–Kier alpha value is -2.63. The quantitative estimate of drug-likeness (QED) is 0.579. The van der Waals surface area contributed by atoms with Gasteiger partial charge in [0.15, 0.2) is 18.2 Å². The summed E-state index contributed by atoms with van der Waals surface area (Å²) >= 11 is 0. The zero-order chi connectivity index (χ0) is 16.4. The van der Waals surface area contributed by atoms with Crippen LogP contribution in [0.15, 0.2) is 29.4 Å². The van der Waals surface area contributed by atoms with Crippen LogP contribution in [0.2, 0.25) is 0 Å². The van der Waals surface area contributed by atoms with E-state index in [2.05, 4.69) is 39.6 Å². The molecule has 0 fully saturated rings. The molecule has 0 unspecified atom stereocenters. The number of para-hydroxylation sites is 1. The number of hydrogen-bond acceptors (Lipinski definition) is 5. The zero-order valence-electron chi connectivity index (χ0n) is 13.7. The third-order valence-corrected chi connectivity index (χ3v) is 3.61. The van der Waals surface area contributed by atoms with E-state index in [1.54, 1.807) is 6.21 Å². The molecule has 0 aliphatic carbocycles. The molecule has 0 aliphatic heterocycles. The largest absolute Gasteiger partial charge is 0.388 e. The van der Waals surface area contributed by atoms with Crippen LogP contribution in [-0.4, -0.2) is 20.7 Å². The maximum Gasteiger partial charge on any atom is 0.174 e. The lowest BCUT2D eigenvalue weighted by atomic mass is 10.1. The molecule has 6 heteroatoms. The molecule has 0 spiro atoms. The van der Waals surface area contributed by atoms with Gasteiger partial charge in [0.2, 0.25) is 0 Å². The van der Waals surface area contributed by atoms with E-state index in [0.29, 0.717) is 18.3 Å². The lowest BCUT2D eigenvalue weighted by Crippen LogP contribution is -2.09. The third kappa shape index (κ3) is 2.84. The van der Waals surface area contributed by atoms with Crippen molar-refractivity contribution in [2.24, 2.45) is 11.1 Å². The number of nitrogens with zero attached hydrogens (tertiary/aromatic N) is 4. The van der Waals surface area contributed by atoms with Gasteiger partial charge in [-0.3, -0.25) is 0 Å². The number of pyridine rings is 1. The highest BCUT2D eigenvalue weighted by molar-refractivity contribution is 6.06. The van der Waals surface area contributed by atoms with E-state index in [1.165, 1.54) is 0 Å². The second-order valence-corrected chi connectivity index (χ2v) is 5.88. The molecular weight excluding hydrogens is 290 g/mol. The van der Waals surface area contributed by atoms with Gasteiger partial charge in [-0.25, -0.2) is 9.97 Å². The van der Waals surface area contributed by atoms with Gasteiger partial charge in [-0.05, 0) is 18.9 Å². The van der Waals surface area contributed by atoms with Crippen molar-refractivity contribution in [1.29, 1.82) is 0 Å². The Labute approximate surface area is 135 Å². The van der Waals surface area contributed by atoms with Crippen molar-refractivity contribution >= 4 is 34.0 Å². The molecule has 2 heterocycles. The first-order valence-electron chi connectivity index (χ1n) is 7.75. The van der Waals surface area contributed by atoms with Gasteiger partial charge in [0.05, 0.1) is 11.0 Å². The van der Waals surface area contributed by atoms with E-state index in [4.69, 9.17) is 10.6 Å². The first-order valence-corrected chi connectivity index (χ1v) is 7.75. The normalized spacial score (nSPS) is 12.0. The fraction of sp³-hybridized carbons (Fsp3) is 0.353.